The molecule has 0 unspecified atom stereocenters. The summed E-state index contributed by atoms with van der Waals surface area (Å²) < 4.78 is 0. The third-order valence-electron chi connectivity index (χ3n) is 4.73. The highest BCUT2D eigenvalue weighted by Crippen LogP contribution is 2.15. The number of rotatable bonds is 14. The van der Waals surface area contributed by atoms with E-state index in [0.29, 0.717) is 6.17 Å². The second kappa shape index (κ2) is 13.3. The van der Waals surface area contributed by atoms with E-state index >= 15 is 0 Å². The fourth-order valence-corrected chi connectivity index (χ4v) is 4.97. The number of allylic oxidation sites excluding steroid dienone is 1. The zero-order chi connectivity index (χ0) is 19.4. The van der Waals surface area contributed by atoms with Gasteiger partial charge in [-0.15, -0.1) is 0 Å². The second-order valence-electron chi connectivity index (χ2n) is 7.29. The molecule has 146 valence electrons. The van der Waals surface area contributed by atoms with Crippen molar-refractivity contribution in [2.45, 2.75) is 72.5 Å². The van der Waals surface area contributed by atoms with Gasteiger partial charge >= 0.3 is 0 Å². The van der Waals surface area contributed by atoms with Gasteiger partial charge in [-0.1, -0.05) is 69.3 Å². The molecule has 0 aromatic heterocycles. The molecular formula is C23H40N2Si. The van der Waals surface area contributed by atoms with Gasteiger partial charge in [-0.3, -0.25) is 9.80 Å². The molecule has 0 aliphatic rings. The van der Waals surface area contributed by atoms with Gasteiger partial charge in [0.25, 0.3) is 0 Å². The van der Waals surface area contributed by atoms with E-state index in [9.17, 15) is 0 Å². The lowest BCUT2D eigenvalue weighted by atomic mass is 10.1. The lowest BCUT2D eigenvalue weighted by Gasteiger charge is -2.40. The molecule has 0 saturated carbocycles. The molecule has 0 spiro atoms. The molecule has 0 aliphatic heterocycles. The van der Waals surface area contributed by atoms with Crippen LogP contribution >= 0.6 is 0 Å². The Balaban J connectivity index is 2.95. The van der Waals surface area contributed by atoms with Crippen LogP contribution in [0.4, 0.5) is 0 Å². The Morgan fingerprint density at radius 2 is 1.42 bits per heavy atom. The normalized spacial score (nSPS) is 11.7. The van der Waals surface area contributed by atoms with Crippen LogP contribution in [0, 0.1) is 0 Å². The van der Waals surface area contributed by atoms with Crippen LogP contribution in [0.2, 0.25) is 6.04 Å². The van der Waals surface area contributed by atoms with Crippen LogP contribution in [0.5, 0.6) is 0 Å². The van der Waals surface area contributed by atoms with Crippen molar-refractivity contribution in [2.24, 2.45) is 0 Å². The molecule has 0 bridgehead atoms. The number of benzene rings is 1. The van der Waals surface area contributed by atoms with Gasteiger partial charge in [-0.05, 0) is 70.4 Å². The number of hydrogen-bond acceptors (Lipinski definition) is 2. The van der Waals surface area contributed by atoms with Crippen molar-refractivity contribution in [1.82, 2.24) is 9.80 Å². The average molecular weight is 373 g/mol. The molecule has 0 saturated heterocycles. The van der Waals surface area contributed by atoms with Crippen LogP contribution in [0.1, 0.15) is 65.9 Å². The Hall–Kier alpha value is -0.903. The van der Waals surface area contributed by atoms with Crippen molar-refractivity contribution in [3.63, 3.8) is 0 Å². The number of hydrogen-bond donors (Lipinski definition) is 0. The smallest absolute Gasteiger partial charge is 0.0838 e. The Morgan fingerprint density at radius 1 is 0.923 bits per heavy atom. The van der Waals surface area contributed by atoms with Gasteiger partial charge < -0.3 is 0 Å². The first-order valence-electron chi connectivity index (χ1n) is 10.5. The first-order valence-corrected chi connectivity index (χ1v) is 11.8. The SMILES string of the molecule is C=C(C)c1cccc([Si]CC(N(CCC)CCC)N(CCC)CCC)c1. The second-order valence-corrected chi connectivity index (χ2v) is 8.63. The Bertz CT molecular complexity index is 487. The van der Waals surface area contributed by atoms with E-state index in [1.807, 2.05) is 0 Å². The summed E-state index contributed by atoms with van der Waals surface area (Å²) >= 11 is 0. The maximum absolute atomic E-state index is 4.10. The van der Waals surface area contributed by atoms with Gasteiger partial charge in [-0.25, -0.2) is 0 Å². The summed E-state index contributed by atoms with van der Waals surface area (Å²) in [4.78, 5) is 5.47. The Morgan fingerprint density at radius 3 is 1.85 bits per heavy atom. The third kappa shape index (κ3) is 7.77. The quantitative estimate of drug-likeness (QED) is 0.333. The molecule has 2 nitrogen and oxygen atoms in total. The molecule has 0 heterocycles. The van der Waals surface area contributed by atoms with Gasteiger partial charge in [0.1, 0.15) is 0 Å². The summed E-state index contributed by atoms with van der Waals surface area (Å²) in [6, 6.07) is 10.2. The topological polar surface area (TPSA) is 6.48 Å². The predicted molar refractivity (Wildman–Crippen MR) is 119 cm³/mol. The predicted octanol–water partition coefficient (Wildman–Crippen LogP) is 5.04. The molecule has 1 aromatic rings. The van der Waals surface area contributed by atoms with Gasteiger partial charge in [0.2, 0.25) is 0 Å². The summed E-state index contributed by atoms with van der Waals surface area (Å²) in [7, 11) is 0.853. The van der Waals surface area contributed by atoms with Crippen molar-refractivity contribution < 1.29 is 0 Å². The minimum absolute atomic E-state index is 0.571. The van der Waals surface area contributed by atoms with Crippen LogP contribution in [-0.4, -0.2) is 51.7 Å². The highest BCUT2D eigenvalue weighted by Gasteiger charge is 2.23. The molecule has 1 aromatic carbocycles. The molecule has 0 N–H and O–H groups in total. The van der Waals surface area contributed by atoms with Crippen LogP contribution in [0.25, 0.3) is 5.57 Å². The fraction of sp³-hybridized carbons (Fsp3) is 0.652. The first kappa shape index (κ1) is 23.1. The molecule has 0 amide bonds. The summed E-state index contributed by atoms with van der Waals surface area (Å²) in [6.45, 7) is 20.3. The monoisotopic (exact) mass is 372 g/mol. The van der Waals surface area contributed by atoms with E-state index in [-0.39, 0.29) is 0 Å². The van der Waals surface area contributed by atoms with Crippen LogP contribution < -0.4 is 5.19 Å². The standard InChI is InChI=1S/C23H40N2Si/c1-7-14-24(15-8-2)23(25(16-9-3)17-10-4)19-26-22-13-11-12-21(18-22)20(5)6/h11-13,18,23H,5,7-10,14-17,19H2,1-4,6H3. The van der Waals surface area contributed by atoms with Crippen molar-refractivity contribution >= 4 is 20.3 Å². The van der Waals surface area contributed by atoms with E-state index < -0.39 is 0 Å². The maximum Gasteiger partial charge on any atom is 0.0838 e. The van der Waals surface area contributed by atoms with Crippen molar-refractivity contribution in [3.8, 4) is 0 Å². The van der Waals surface area contributed by atoms with E-state index in [1.165, 1.54) is 68.7 Å². The Kier molecular flexibility index (Phi) is 11.8. The largest absolute Gasteiger partial charge is 0.288 e. The van der Waals surface area contributed by atoms with Crippen LogP contribution in [0.15, 0.2) is 30.8 Å². The first-order chi connectivity index (χ1) is 12.6. The van der Waals surface area contributed by atoms with Gasteiger partial charge in [0.15, 0.2) is 0 Å². The molecule has 0 aliphatic carbocycles. The highest BCUT2D eigenvalue weighted by atomic mass is 28.2. The summed E-state index contributed by atoms with van der Waals surface area (Å²) in [6.07, 6.45) is 5.50. The molecule has 0 atom stereocenters. The van der Waals surface area contributed by atoms with Gasteiger partial charge in [0, 0.05) is 0 Å². The van der Waals surface area contributed by atoms with Crippen LogP contribution in [-0.2, 0) is 0 Å². The van der Waals surface area contributed by atoms with Crippen molar-refractivity contribution in [1.29, 1.82) is 0 Å². The van der Waals surface area contributed by atoms with Crippen LogP contribution in [0.3, 0.4) is 0 Å². The summed E-state index contributed by atoms with van der Waals surface area (Å²) in [5.74, 6) is 0. The van der Waals surface area contributed by atoms with Crippen molar-refractivity contribution in [2.75, 3.05) is 26.2 Å². The summed E-state index contributed by atoms with van der Waals surface area (Å²) in [5.41, 5.74) is 2.44. The zero-order valence-electron chi connectivity index (χ0n) is 17.9. The molecular weight excluding hydrogens is 332 g/mol. The summed E-state index contributed by atoms with van der Waals surface area (Å²) in [5, 5.41) is 1.47. The van der Waals surface area contributed by atoms with Crippen molar-refractivity contribution in [3.05, 3.63) is 36.4 Å². The van der Waals surface area contributed by atoms with E-state index in [2.05, 4.69) is 75.3 Å². The highest BCUT2D eigenvalue weighted by molar-refractivity contribution is 6.53. The number of nitrogens with zero attached hydrogens (tertiary/aromatic N) is 2. The molecule has 1 rings (SSSR count). The van der Waals surface area contributed by atoms with Gasteiger partial charge in [-0.2, -0.15) is 0 Å². The Labute approximate surface area is 165 Å². The molecule has 0 fully saturated rings. The lowest BCUT2D eigenvalue weighted by molar-refractivity contribution is 0.0544. The van der Waals surface area contributed by atoms with Gasteiger partial charge in [0.05, 0.1) is 15.7 Å². The van der Waals surface area contributed by atoms with E-state index in [4.69, 9.17) is 0 Å². The zero-order valence-corrected chi connectivity index (χ0v) is 18.9. The fourth-order valence-electron chi connectivity index (χ4n) is 3.56. The minimum Gasteiger partial charge on any atom is -0.288 e. The minimum atomic E-state index is 0.571. The molecule has 26 heavy (non-hydrogen) atoms. The average Bonchev–Trinajstić information content (AvgIpc) is 2.62. The molecule has 3 heteroatoms. The lowest BCUT2D eigenvalue weighted by Crippen LogP contribution is -2.50. The third-order valence-corrected chi connectivity index (χ3v) is 6.02. The van der Waals surface area contributed by atoms with E-state index in [1.54, 1.807) is 0 Å². The maximum atomic E-state index is 4.10. The molecule has 2 radical (unpaired) electrons. The van der Waals surface area contributed by atoms with E-state index in [0.717, 1.165) is 15.1 Å².